The van der Waals surface area contributed by atoms with Gasteiger partial charge in [0, 0.05) is 0 Å². The Hall–Kier alpha value is 0.0200. The number of aliphatic hydroxyl groups excluding tert-OH is 1. The fraction of sp³-hybridized carbons (Fsp3) is 0.667. The summed E-state index contributed by atoms with van der Waals surface area (Å²) in [6, 6.07) is 0. The molecular weight excluding hydrogens is 228 g/mol. The highest BCUT2D eigenvalue weighted by atomic mass is 79.9. The second kappa shape index (κ2) is 3.42. The molecule has 10 heavy (non-hydrogen) atoms. The summed E-state index contributed by atoms with van der Waals surface area (Å²) in [4.78, 5) is 8.52. The summed E-state index contributed by atoms with van der Waals surface area (Å²) >= 11 is 2.52. The molecule has 0 radical (unpaired) electrons. The van der Waals surface area contributed by atoms with Gasteiger partial charge >= 0.3 is 0 Å². The molecule has 0 aromatic rings. The van der Waals surface area contributed by atoms with Crippen molar-refractivity contribution in [1.29, 1.82) is 0 Å². The van der Waals surface area contributed by atoms with Gasteiger partial charge in [0.15, 0.2) is 5.44 Å². The Balaban J connectivity index is 4.37. The minimum atomic E-state index is -4.54. The van der Waals surface area contributed by atoms with E-state index >= 15 is 0 Å². The summed E-state index contributed by atoms with van der Waals surface area (Å²) in [5, 5.41) is 8.54. The van der Waals surface area contributed by atoms with E-state index in [1.807, 2.05) is 0 Å². The Morgan fingerprint density at radius 1 is 1.50 bits per heavy atom. The van der Waals surface area contributed by atoms with Crippen molar-refractivity contribution in [3.05, 3.63) is 0 Å². The Morgan fingerprint density at radius 2 is 1.90 bits per heavy atom. The molecule has 0 rings (SSSR count). The zero-order valence-corrected chi connectivity index (χ0v) is 7.04. The van der Waals surface area contributed by atoms with Gasteiger partial charge in [-0.2, -0.15) is 8.42 Å². The molecule has 5 nitrogen and oxygen atoms in total. The molecular formula is C3H5BrO5S. The number of hydrogen-bond donors (Lipinski definition) is 2. The first-order valence-corrected chi connectivity index (χ1v) is 4.55. The van der Waals surface area contributed by atoms with Crippen molar-refractivity contribution in [2.24, 2.45) is 0 Å². The average molecular weight is 233 g/mol. The largest absolute Gasteiger partial charge is 0.374 e. The van der Waals surface area contributed by atoms with Crippen molar-refractivity contribution in [2.75, 3.05) is 0 Å². The summed E-state index contributed by atoms with van der Waals surface area (Å²) < 4.78 is 28.2. The lowest BCUT2D eigenvalue weighted by atomic mass is 10.5. The normalized spacial score (nSPS) is 17.9. The number of aliphatic hydroxyl groups is 1. The second-order valence-electron chi connectivity index (χ2n) is 1.49. The predicted molar refractivity (Wildman–Crippen MR) is 36.3 cm³/mol. The van der Waals surface area contributed by atoms with Crippen LogP contribution in [0.4, 0.5) is 0 Å². The van der Waals surface area contributed by atoms with Crippen LogP contribution in [0.3, 0.4) is 0 Å². The lowest BCUT2D eigenvalue weighted by molar-refractivity contribution is -0.108. The van der Waals surface area contributed by atoms with Crippen LogP contribution in [0, 0.1) is 0 Å². The zero-order valence-electron chi connectivity index (χ0n) is 4.64. The number of alkyl halides is 1. The van der Waals surface area contributed by atoms with Crippen LogP contribution in [0.25, 0.3) is 0 Å². The van der Waals surface area contributed by atoms with Gasteiger partial charge < -0.3 is 9.90 Å². The molecule has 0 saturated carbocycles. The van der Waals surface area contributed by atoms with E-state index in [2.05, 4.69) is 15.9 Å². The first kappa shape index (κ1) is 10.0. The molecule has 0 aromatic carbocycles. The van der Waals surface area contributed by atoms with Crippen LogP contribution in [-0.2, 0) is 14.9 Å². The van der Waals surface area contributed by atoms with Gasteiger partial charge in [0.05, 0.1) is 0 Å². The van der Waals surface area contributed by atoms with Crippen LogP contribution in [0.2, 0.25) is 0 Å². The molecule has 0 aliphatic carbocycles. The van der Waals surface area contributed by atoms with E-state index in [0.717, 1.165) is 0 Å². The van der Waals surface area contributed by atoms with Crippen molar-refractivity contribution in [2.45, 2.75) is 10.3 Å². The predicted octanol–water partition coefficient (Wildman–Crippen LogP) is -0.845. The van der Waals surface area contributed by atoms with Crippen molar-refractivity contribution in [1.82, 2.24) is 0 Å². The van der Waals surface area contributed by atoms with Crippen LogP contribution in [-0.4, -0.2) is 34.6 Å². The summed E-state index contributed by atoms with van der Waals surface area (Å²) in [5.74, 6) is 0. The maximum atomic E-state index is 10.0. The average Bonchev–Trinajstić information content (AvgIpc) is 1.83. The molecule has 0 saturated heterocycles. The minimum absolute atomic E-state index is 0.165. The van der Waals surface area contributed by atoms with Crippen LogP contribution < -0.4 is 0 Å². The van der Waals surface area contributed by atoms with E-state index in [1.165, 1.54) is 0 Å². The lowest BCUT2D eigenvalue weighted by Crippen LogP contribution is -2.30. The SMILES string of the molecule is O=CC(Br)C(O)S(=O)(=O)O. The Kier molecular flexibility index (Phi) is 3.43. The first-order chi connectivity index (χ1) is 4.39. The maximum absolute atomic E-state index is 10.0. The molecule has 0 aliphatic rings. The number of hydrogen-bond acceptors (Lipinski definition) is 4. The number of aldehydes is 1. The fourth-order valence-electron chi connectivity index (χ4n) is 0.231. The van der Waals surface area contributed by atoms with Gasteiger partial charge in [-0.25, -0.2) is 0 Å². The van der Waals surface area contributed by atoms with E-state index in [0.29, 0.717) is 0 Å². The number of carbonyl (C=O) groups is 1. The standard InChI is InChI=1S/C3H5BrO5S/c4-2(1-5)3(6)10(7,8)9/h1-3,6H,(H,7,8,9). The van der Waals surface area contributed by atoms with Gasteiger partial charge in [-0.05, 0) is 0 Å². The van der Waals surface area contributed by atoms with E-state index in [1.54, 1.807) is 0 Å². The van der Waals surface area contributed by atoms with Gasteiger partial charge in [-0.3, -0.25) is 4.55 Å². The molecule has 0 bridgehead atoms. The van der Waals surface area contributed by atoms with Crippen LogP contribution >= 0.6 is 15.9 Å². The zero-order chi connectivity index (χ0) is 8.36. The summed E-state index contributed by atoms with van der Waals surface area (Å²) in [6.07, 6.45) is 0.165. The number of carbonyl (C=O) groups excluding carboxylic acids is 1. The highest BCUT2D eigenvalue weighted by Crippen LogP contribution is 2.07. The van der Waals surface area contributed by atoms with Gasteiger partial charge in [-0.15, -0.1) is 0 Å². The maximum Gasteiger partial charge on any atom is 0.293 e. The molecule has 7 heteroatoms. The quantitative estimate of drug-likeness (QED) is 0.376. The van der Waals surface area contributed by atoms with E-state index in [-0.39, 0.29) is 6.29 Å². The van der Waals surface area contributed by atoms with Crippen molar-refractivity contribution in [3.63, 3.8) is 0 Å². The summed E-state index contributed by atoms with van der Waals surface area (Å²) in [5.41, 5.74) is -2.09. The molecule has 0 amide bonds. The second-order valence-corrected chi connectivity index (χ2v) is 4.06. The third-order valence-corrected chi connectivity index (χ3v) is 2.68. The van der Waals surface area contributed by atoms with Crippen molar-refractivity contribution < 1.29 is 22.9 Å². The van der Waals surface area contributed by atoms with E-state index < -0.39 is 20.4 Å². The highest BCUT2D eigenvalue weighted by molar-refractivity contribution is 9.10. The Labute approximate surface area is 65.9 Å². The van der Waals surface area contributed by atoms with Crippen LogP contribution in [0.15, 0.2) is 0 Å². The van der Waals surface area contributed by atoms with Crippen molar-refractivity contribution in [3.8, 4) is 0 Å². The molecule has 0 aromatic heterocycles. The van der Waals surface area contributed by atoms with Crippen molar-refractivity contribution >= 4 is 32.3 Å². The molecule has 2 unspecified atom stereocenters. The topological polar surface area (TPSA) is 91.7 Å². The van der Waals surface area contributed by atoms with E-state index in [4.69, 9.17) is 9.66 Å². The van der Waals surface area contributed by atoms with E-state index in [9.17, 15) is 13.2 Å². The molecule has 0 fully saturated rings. The third kappa shape index (κ3) is 2.74. The molecule has 60 valence electrons. The molecule has 0 aliphatic heterocycles. The molecule has 2 atom stereocenters. The highest BCUT2D eigenvalue weighted by Gasteiger charge is 2.27. The smallest absolute Gasteiger partial charge is 0.293 e. The van der Waals surface area contributed by atoms with Gasteiger partial charge in [-0.1, -0.05) is 15.9 Å². The van der Waals surface area contributed by atoms with Gasteiger partial charge in [0.2, 0.25) is 0 Å². The van der Waals surface area contributed by atoms with Crippen LogP contribution in [0.5, 0.6) is 0 Å². The van der Waals surface area contributed by atoms with Gasteiger partial charge in [0.1, 0.15) is 11.1 Å². The Bertz CT molecular complexity index is 209. The lowest BCUT2D eigenvalue weighted by Gasteiger charge is -2.06. The molecule has 2 N–H and O–H groups in total. The monoisotopic (exact) mass is 232 g/mol. The van der Waals surface area contributed by atoms with Gasteiger partial charge in [0.25, 0.3) is 10.1 Å². The Morgan fingerprint density at radius 3 is 2.00 bits per heavy atom. The van der Waals surface area contributed by atoms with Crippen LogP contribution in [0.1, 0.15) is 0 Å². The third-order valence-electron chi connectivity index (χ3n) is 0.708. The fourth-order valence-corrected chi connectivity index (χ4v) is 1.44. The first-order valence-electron chi connectivity index (χ1n) is 2.13. The molecule has 0 spiro atoms. The minimum Gasteiger partial charge on any atom is -0.374 e. The number of rotatable bonds is 3. The number of halogens is 1. The summed E-state index contributed by atoms with van der Waals surface area (Å²) in [6.45, 7) is 0. The molecule has 0 heterocycles. The summed E-state index contributed by atoms with van der Waals surface area (Å²) in [7, 11) is -4.54.